The Morgan fingerprint density at radius 3 is 2.73 bits per heavy atom. The van der Waals surface area contributed by atoms with Crippen molar-refractivity contribution in [2.24, 2.45) is 0 Å². The SMILES string of the molecule is Cc1cc(C(=O)N2CCC3(CC2)C(=O)NCCN3C)cc2sc(N)nc12. The third-order valence-corrected chi connectivity index (χ3v) is 6.54. The molecule has 2 saturated heterocycles. The Bertz CT molecular complexity index is 885. The van der Waals surface area contributed by atoms with Crippen molar-refractivity contribution in [1.82, 2.24) is 20.1 Å². The van der Waals surface area contributed by atoms with Gasteiger partial charge in [-0.2, -0.15) is 0 Å². The molecule has 1 aromatic heterocycles. The molecule has 0 bridgehead atoms. The molecular weight excluding hydrogens is 350 g/mol. The van der Waals surface area contributed by atoms with Gasteiger partial charge in [-0.3, -0.25) is 14.5 Å². The van der Waals surface area contributed by atoms with Crippen LogP contribution in [-0.2, 0) is 4.79 Å². The zero-order valence-electron chi connectivity index (χ0n) is 15.0. The maximum absolute atomic E-state index is 13.0. The van der Waals surface area contributed by atoms with Crippen LogP contribution in [0.15, 0.2) is 12.1 Å². The number of amides is 2. The van der Waals surface area contributed by atoms with Crippen LogP contribution < -0.4 is 11.1 Å². The van der Waals surface area contributed by atoms with Crippen LogP contribution in [0.4, 0.5) is 5.13 Å². The molecule has 1 spiro atoms. The number of likely N-dealkylation sites (tertiary alicyclic amines) is 1. The van der Waals surface area contributed by atoms with Crippen molar-refractivity contribution in [2.75, 3.05) is 39.0 Å². The number of nitrogens with zero attached hydrogens (tertiary/aromatic N) is 3. The molecular formula is C18H23N5O2S. The number of piperazine rings is 1. The molecule has 2 aliphatic rings. The minimum absolute atomic E-state index is 0.00990. The number of nitrogen functional groups attached to an aromatic ring is 1. The minimum Gasteiger partial charge on any atom is -0.375 e. The second kappa shape index (κ2) is 6.21. The molecule has 3 heterocycles. The lowest BCUT2D eigenvalue weighted by Gasteiger charge is -2.48. The van der Waals surface area contributed by atoms with Crippen LogP contribution in [0.1, 0.15) is 28.8 Å². The zero-order chi connectivity index (χ0) is 18.5. The van der Waals surface area contributed by atoms with E-state index in [1.165, 1.54) is 11.3 Å². The van der Waals surface area contributed by atoms with Gasteiger partial charge in [0.15, 0.2) is 5.13 Å². The smallest absolute Gasteiger partial charge is 0.253 e. The highest BCUT2D eigenvalue weighted by atomic mass is 32.1. The summed E-state index contributed by atoms with van der Waals surface area (Å²) in [5.41, 5.74) is 7.82. The van der Waals surface area contributed by atoms with Crippen molar-refractivity contribution in [2.45, 2.75) is 25.3 Å². The van der Waals surface area contributed by atoms with Crippen molar-refractivity contribution in [3.63, 3.8) is 0 Å². The number of fused-ring (bicyclic) bond motifs is 1. The van der Waals surface area contributed by atoms with Gasteiger partial charge < -0.3 is 16.0 Å². The van der Waals surface area contributed by atoms with E-state index in [1.807, 2.05) is 31.0 Å². The number of hydrogen-bond donors (Lipinski definition) is 2. The second-order valence-electron chi connectivity index (χ2n) is 7.19. The number of nitrogens with one attached hydrogen (secondary N) is 1. The first-order valence-corrected chi connectivity index (χ1v) is 9.68. The summed E-state index contributed by atoms with van der Waals surface area (Å²) in [7, 11) is 2.00. The Morgan fingerprint density at radius 1 is 1.31 bits per heavy atom. The molecule has 0 radical (unpaired) electrons. The Labute approximate surface area is 156 Å². The number of carbonyl (C=O) groups is 2. The molecule has 138 valence electrons. The first kappa shape index (κ1) is 17.2. The number of carbonyl (C=O) groups excluding carboxylic acids is 2. The molecule has 8 heteroatoms. The molecule has 4 rings (SSSR count). The quantitative estimate of drug-likeness (QED) is 0.784. The Morgan fingerprint density at radius 2 is 2.04 bits per heavy atom. The van der Waals surface area contributed by atoms with E-state index in [2.05, 4.69) is 15.2 Å². The topological polar surface area (TPSA) is 91.6 Å². The highest BCUT2D eigenvalue weighted by Gasteiger charge is 2.47. The standard InChI is InChI=1S/C18H23N5O2S/c1-11-9-12(10-13-14(11)21-17(19)26-13)15(24)23-6-3-18(4-7-23)16(25)20-5-8-22(18)2/h9-10H,3-8H2,1-2H3,(H2,19,21)(H,20,25). The van der Waals surface area contributed by atoms with E-state index in [9.17, 15) is 9.59 Å². The van der Waals surface area contributed by atoms with Gasteiger partial charge in [-0.05, 0) is 44.5 Å². The highest BCUT2D eigenvalue weighted by molar-refractivity contribution is 7.22. The van der Waals surface area contributed by atoms with E-state index in [0.717, 1.165) is 22.3 Å². The van der Waals surface area contributed by atoms with E-state index in [4.69, 9.17) is 5.73 Å². The van der Waals surface area contributed by atoms with Gasteiger partial charge in [0.1, 0.15) is 5.54 Å². The number of hydrogen-bond acceptors (Lipinski definition) is 6. The minimum atomic E-state index is -0.471. The van der Waals surface area contributed by atoms with Gasteiger partial charge in [0, 0.05) is 31.7 Å². The number of nitrogens with two attached hydrogens (primary N) is 1. The summed E-state index contributed by atoms with van der Waals surface area (Å²) in [5.74, 6) is 0.103. The maximum Gasteiger partial charge on any atom is 0.253 e. The number of aryl methyl sites for hydroxylation is 1. The van der Waals surface area contributed by atoms with Crippen LogP contribution in [0.25, 0.3) is 10.2 Å². The van der Waals surface area contributed by atoms with Gasteiger partial charge in [-0.1, -0.05) is 11.3 Å². The van der Waals surface area contributed by atoms with E-state index < -0.39 is 5.54 Å². The lowest BCUT2D eigenvalue weighted by atomic mass is 9.83. The molecule has 1 aromatic carbocycles. The molecule has 2 amide bonds. The van der Waals surface area contributed by atoms with Crippen molar-refractivity contribution in [3.8, 4) is 0 Å². The summed E-state index contributed by atoms with van der Waals surface area (Å²) in [5, 5.41) is 3.49. The second-order valence-corrected chi connectivity index (χ2v) is 8.26. The monoisotopic (exact) mass is 373 g/mol. The van der Waals surface area contributed by atoms with Gasteiger partial charge in [0.05, 0.1) is 10.2 Å². The van der Waals surface area contributed by atoms with Gasteiger partial charge in [0.2, 0.25) is 5.91 Å². The summed E-state index contributed by atoms with van der Waals surface area (Å²) >= 11 is 1.40. The van der Waals surface area contributed by atoms with Gasteiger partial charge >= 0.3 is 0 Å². The Hall–Kier alpha value is -2.19. The fourth-order valence-electron chi connectivity index (χ4n) is 4.10. The summed E-state index contributed by atoms with van der Waals surface area (Å²) in [6.45, 7) is 4.65. The van der Waals surface area contributed by atoms with E-state index in [0.29, 0.717) is 43.2 Å². The number of benzene rings is 1. The van der Waals surface area contributed by atoms with Crippen molar-refractivity contribution >= 4 is 38.5 Å². The van der Waals surface area contributed by atoms with Crippen LogP contribution >= 0.6 is 11.3 Å². The van der Waals surface area contributed by atoms with Crippen LogP contribution in [-0.4, -0.2) is 65.4 Å². The number of piperidine rings is 1. The summed E-state index contributed by atoms with van der Waals surface area (Å²) in [6.07, 6.45) is 1.33. The molecule has 3 N–H and O–H groups in total. The first-order valence-electron chi connectivity index (χ1n) is 8.86. The molecule has 0 saturated carbocycles. The summed E-state index contributed by atoms with van der Waals surface area (Å²) < 4.78 is 0.936. The fourth-order valence-corrected chi connectivity index (χ4v) is 4.95. The van der Waals surface area contributed by atoms with Gasteiger partial charge in [-0.25, -0.2) is 4.98 Å². The van der Waals surface area contributed by atoms with Crippen molar-refractivity contribution < 1.29 is 9.59 Å². The van der Waals surface area contributed by atoms with Crippen molar-refractivity contribution in [1.29, 1.82) is 0 Å². The summed E-state index contributed by atoms with van der Waals surface area (Å²) in [6, 6.07) is 3.76. The molecule has 26 heavy (non-hydrogen) atoms. The van der Waals surface area contributed by atoms with Crippen LogP contribution in [0.3, 0.4) is 0 Å². The van der Waals surface area contributed by atoms with E-state index in [-0.39, 0.29) is 11.8 Å². The third-order valence-electron chi connectivity index (χ3n) is 5.71. The number of aromatic nitrogens is 1. The lowest BCUT2D eigenvalue weighted by Crippen LogP contribution is -2.67. The third kappa shape index (κ3) is 2.64. The Balaban J connectivity index is 1.54. The van der Waals surface area contributed by atoms with E-state index >= 15 is 0 Å². The number of anilines is 1. The van der Waals surface area contributed by atoms with Crippen LogP contribution in [0.2, 0.25) is 0 Å². The largest absolute Gasteiger partial charge is 0.375 e. The number of rotatable bonds is 1. The fraction of sp³-hybridized carbons (Fsp3) is 0.500. The maximum atomic E-state index is 13.0. The van der Waals surface area contributed by atoms with Gasteiger partial charge in [-0.15, -0.1) is 0 Å². The first-order chi connectivity index (χ1) is 12.4. The molecule has 0 atom stereocenters. The highest BCUT2D eigenvalue weighted by Crippen LogP contribution is 2.32. The molecule has 0 unspecified atom stereocenters. The van der Waals surface area contributed by atoms with E-state index in [1.54, 1.807) is 0 Å². The molecule has 7 nitrogen and oxygen atoms in total. The average Bonchev–Trinajstić information content (AvgIpc) is 3.00. The predicted octanol–water partition coefficient (Wildman–Crippen LogP) is 1.22. The molecule has 2 aromatic rings. The molecule has 2 fully saturated rings. The number of likely N-dealkylation sites (N-methyl/N-ethyl adjacent to an activating group) is 1. The normalized spacial score (nSPS) is 20.5. The molecule has 0 aliphatic carbocycles. The number of thiazole rings is 1. The van der Waals surface area contributed by atoms with Crippen LogP contribution in [0, 0.1) is 6.92 Å². The van der Waals surface area contributed by atoms with Crippen LogP contribution in [0.5, 0.6) is 0 Å². The lowest BCUT2D eigenvalue weighted by molar-refractivity contribution is -0.139. The summed E-state index contributed by atoms with van der Waals surface area (Å²) in [4.78, 5) is 33.8. The molecule has 2 aliphatic heterocycles. The predicted molar refractivity (Wildman–Crippen MR) is 102 cm³/mol. The Kier molecular flexibility index (Phi) is 4.11. The van der Waals surface area contributed by atoms with Crippen molar-refractivity contribution in [3.05, 3.63) is 23.3 Å². The zero-order valence-corrected chi connectivity index (χ0v) is 15.9. The van der Waals surface area contributed by atoms with Gasteiger partial charge in [0.25, 0.3) is 5.91 Å². The average molecular weight is 373 g/mol.